The third-order valence-corrected chi connectivity index (χ3v) is 3.50. The Kier molecular flexibility index (Phi) is 6.14. The minimum absolute atomic E-state index is 0.0110. The fourth-order valence-corrected chi connectivity index (χ4v) is 2.32. The first-order chi connectivity index (χ1) is 11.8. The van der Waals surface area contributed by atoms with Crippen LogP contribution < -0.4 is 5.32 Å². The van der Waals surface area contributed by atoms with Gasteiger partial charge in [0.05, 0.1) is 12.2 Å². The van der Waals surface area contributed by atoms with Crippen LogP contribution in [-0.4, -0.2) is 12.6 Å². The first kappa shape index (κ1) is 18.9. The Hall–Kier alpha value is -2.41. The van der Waals surface area contributed by atoms with E-state index in [0.717, 1.165) is 11.6 Å². The topological polar surface area (TPSA) is 38.3 Å². The number of hydrogen-bond donors (Lipinski definition) is 1. The van der Waals surface area contributed by atoms with Gasteiger partial charge < -0.3 is 4.74 Å². The summed E-state index contributed by atoms with van der Waals surface area (Å²) in [6.45, 7) is 1.91. The Morgan fingerprint density at radius 3 is 2.44 bits per heavy atom. The van der Waals surface area contributed by atoms with E-state index in [4.69, 9.17) is 4.74 Å². The van der Waals surface area contributed by atoms with E-state index in [9.17, 15) is 22.4 Å². The van der Waals surface area contributed by atoms with Crippen molar-refractivity contribution in [2.75, 3.05) is 6.61 Å². The molecule has 0 saturated carbocycles. The average molecular weight is 355 g/mol. The summed E-state index contributed by atoms with van der Waals surface area (Å²) < 4.78 is 57.1. The van der Waals surface area contributed by atoms with Gasteiger partial charge in [0, 0.05) is 6.54 Å². The van der Waals surface area contributed by atoms with Crippen molar-refractivity contribution in [1.29, 1.82) is 0 Å². The van der Waals surface area contributed by atoms with Gasteiger partial charge in [-0.3, -0.25) is 5.32 Å². The molecular formula is C18H17F4NO2. The van der Waals surface area contributed by atoms with Crippen LogP contribution in [0.3, 0.4) is 0 Å². The van der Waals surface area contributed by atoms with Crippen molar-refractivity contribution in [1.82, 2.24) is 5.32 Å². The van der Waals surface area contributed by atoms with E-state index in [-0.39, 0.29) is 18.7 Å². The fraction of sp³-hybridized carbons (Fsp3) is 0.278. The maximum Gasteiger partial charge on any atom is 0.419 e. The molecule has 0 aliphatic rings. The maximum absolute atomic E-state index is 13.5. The number of halogens is 4. The second kappa shape index (κ2) is 8.11. The van der Waals surface area contributed by atoms with Crippen LogP contribution in [-0.2, 0) is 22.3 Å². The molecule has 0 radical (unpaired) electrons. The molecule has 3 nitrogen and oxygen atoms in total. The standard InChI is InChI=1S/C18H17F4NO2/c1-2-25-17(24)16(23-11-12-6-4-3-5-7-12)13-8-9-15(19)14(10-13)18(20,21)22/h3-10,16,23H,2,11H2,1H3. The molecule has 0 aromatic heterocycles. The SMILES string of the molecule is CCOC(=O)C(NCc1ccccc1)c1ccc(F)c(C(F)(F)F)c1. The lowest BCUT2D eigenvalue weighted by molar-refractivity contribution is -0.146. The number of ether oxygens (including phenoxy) is 1. The number of esters is 1. The molecular weight excluding hydrogens is 338 g/mol. The Balaban J connectivity index is 2.30. The number of carbonyl (C=O) groups is 1. The highest BCUT2D eigenvalue weighted by atomic mass is 19.4. The normalized spacial score (nSPS) is 12.7. The van der Waals surface area contributed by atoms with Crippen molar-refractivity contribution < 1.29 is 27.1 Å². The molecule has 1 atom stereocenters. The lowest BCUT2D eigenvalue weighted by Gasteiger charge is -2.19. The lowest BCUT2D eigenvalue weighted by Crippen LogP contribution is -2.30. The molecule has 1 unspecified atom stereocenters. The van der Waals surface area contributed by atoms with Crippen LogP contribution in [0.4, 0.5) is 17.6 Å². The van der Waals surface area contributed by atoms with Crippen LogP contribution in [0.1, 0.15) is 29.7 Å². The molecule has 2 aromatic carbocycles. The van der Waals surface area contributed by atoms with Crippen molar-refractivity contribution in [3.05, 3.63) is 71.0 Å². The van der Waals surface area contributed by atoms with Gasteiger partial charge in [0.1, 0.15) is 11.9 Å². The first-order valence-corrected chi connectivity index (χ1v) is 7.63. The summed E-state index contributed by atoms with van der Waals surface area (Å²) in [6.07, 6.45) is -4.85. The third-order valence-electron chi connectivity index (χ3n) is 3.50. The number of hydrogen-bond acceptors (Lipinski definition) is 3. The Bertz CT molecular complexity index is 717. The van der Waals surface area contributed by atoms with Crippen molar-refractivity contribution in [3.63, 3.8) is 0 Å². The molecule has 1 N–H and O–H groups in total. The third kappa shape index (κ3) is 5.03. The van der Waals surface area contributed by atoms with Crippen molar-refractivity contribution in [3.8, 4) is 0 Å². The molecule has 0 fully saturated rings. The largest absolute Gasteiger partial charge is 0.465 e. The number of rotatable bonds is 6. The molecule has 0 spiro atoms. The summed E-state index contributed by atoms with van der Waals surface area (Å²) in [6, 6.07) is 10.4. The second-order valence-electron chi connectivity index (χ2n) is 5.29. The molecule has 2 aromatic rings. The van der Waals surface area contributed by atoms with Gasteiger partial charge in [0.2, 0.25) is 0 Å². The van der Waals surface area contributed by atoms with Crippen LogP contribution >= 0.6 is 0 Å². The number of alkyl halides is 3. The van der Waals surface area contributed by atoms with Gasteiger partial charge in [-0.2, -0.15) is 13.2 Å². The predicted molar refractivity (Wildman–Crippen MR) is 84.1 cm³/mol. The smallest absolute Gasteiger partial charge is 0.419 e. The predicted octanol–water partition coefficient (Wildman–Crippen LogP) is 4.24. The highest BCUT2D eigenvalue weighted by Gasteiger charge is 2.35. The van der Waals surface area contributed by atoms with Crippen molar-refractivity contribution in [2.45, 2.75) is 25.7 Å². The molecule has 0 aliphatic carbocycles. The molecule has 0 amide bonds. The summed E-state index contributed by atoms with van der Waals surface area (Å²) in [5.74, 6) is -2.11. The van der Waals surface area contributed by atoms with Crippen LogP contribution in [0.25, 0.3) is 0 Å². The van der Waals surface area contributed by atoms with Gasteiger partial charge in [-0.05, 0) is 30.2 Å². The molecule has 2 rings (SSSR count). The van der Waals surface area contributed by atoms with E-state index in [1.54, 1.807) is 31.2 Å². The number of nitrogens with one attached hydrogen (secondary N) is 1. The van der Waals surface area contributed by atoms with Gasteiger partial charge in [0.15, 0.2) is 0 Å². The fourth-order valence-electron chi connectivity index (χ4n) is 2.32. The average Bonchev–Trinajstić information content (AvgIpc) is 2.56. The second-order valence-corrected chi connectivity index (χ2v) is 5.29. The van der Waals surface area contributed by atoms with Gasteiger partial charge in [-0.25, -0.2) is 9.18 Å². The van der Waals surface area contributed by atoms with E-state index in [2.05, 4.69) is 5.32 Å². The highest BCUT2D eigenvalue weighted by molar-refractivity contribution is 5.77. The van der Waals surface area contributed by atoms with Crippen LogP contribution in [0.2, 0.25) is 0 Å². The van der Waals surface area contributed by atoms with Crippen molar-refractivity contribution in [2.24, 2.45) is 0 Å². The summed E-state index contributed by atoms with van der Waals surface area (Å²) >= 11 is 0. The van der Waals surface area contributed by atoms with Crippen LogP contribution in [0, 0.1) is 5.82 Å². The molecule has 0 heterocycles. The first-order valence-electron chi connectivity index (χ1n) is 7.63. The molecule has 0 bridgehead atoms. The summed E-state index contributed by atoms with van der Waals surface area (Å²) in [7, 11) is 0. The van der Waals surface area contributed by atoms with E-state index in [0.29, 0.717) is 12.1 Å². The minimum Gasteiger partial charge on any atom is -0.465 e. The molecule has 0 saturated heterocycles. The quantitative estimate of drug-likeness (QED) is 0.622. The summed E-state index contributed by atoms with van der Waals surface area (Å²) in [5, 5.41) is 2.87. The monoisotopic (exact) mass is 355 g/mol. The van der Waals surface area contributed by atoms with E-state index < -0.39 is 29.6 Å². The Morgan fingerprint density at radius 1 is 1.16 bits per heavy atom. The maximum atomic E-state index is 13.5. The zero-order valence-electron chi connectivity index (χ0n) is 13.4. The van der Waals surface area contributed by atoms with Gasteiger partial charge in [0.25, 0.3) is 0 Å². The zero-order valence-corrected chi connectivity index (χ0v) is 13.4. The summed E-state index contributed by atoms with van der Waals surface area (Å²) in [5.41, 5.74) is -0.584. The molecule has 134 valence electrons. The van der Waals surface area contributed by atoms with Gasteiger partial charge >= 0.3 is 12.1 Å². The van der Waals surface area contributed by atoms with Crippen molar-refractivity contribution >= 4 is 5.97 Å². The Morgan fingerprint density at radius 2 is 1.84 bits per heavy atom. The highest BCUT2D eigenvalue weighted by Crippen LogP contribution is 2.33. The van der Waals surface area contributed by atoms with Crippen LogP contribution in [0.15, 0.2) is 48.5 Å². The zero-order chi connectivity index (χ0) is 18.4. The molecule has 0 aliphatic heterocycles. The number of carbonyl (C=O) groups excluding carboxylic acids is 1. The molecule has 7 heteroatoms. The van der Waals surface area contributed by atoms with E-state index in [1.165, 1.54) is 0 Å². The minimum atomic E-state index is -4.85. The van der Waals surface area contributed by atoms with Gasteiger partial charge in [-0.1, -0.05) is 36.4 Å². The summed E-state index contributed by atoms with van der Waals surface area (Å²) in [4.78, 5) is 12.2. The van der Waals surface area contributed by atoms with Crippen LogP contribution in [0.5, 0.6) is 0 Å². The lowest BCUT2D eigenvalue weighted by atomic mass is 10.0. The van der Waals surface area contributed by atoms with E-state index in [1.807, 2.05) is 6.07 Å². The van der Waals surface area contributed by atoms with Gasteiger partial charge in [-0.15, -0.1) is 0 Å². The molecule has 25 heavy (non-hydrogen) atoms. The van der Waals surface area contributed by atoms with E-state index >= 15 is 0 Å². The Labute approximate surface area is 142 Å². The number of benzene rings is 2.